The lowest BCUT2D eigenvalue weighted by molar-refractivity contribution is -0.116. The predicted octanol–water partition coefficient (Wildman–Crippen LogP) is 2.47. The Kier molecular flexibility index (Phi) is 4.18. The average molecular weight is 277 g/mol. The standard InChI is InChI=1S/C16H11N3O2/c1-19-16(20)13(10-18)8-14-6-7-15(21-14)12-4-2-11(9-17)3-5-12/h2-8H,1H3,(H,19,20)/b13-8-. The van der Waals surface area contributed by atoms with E-state index in [1.807, 2.05) is 12.1 Å². The Morgan fingerprint density at radius 3 is 2.48 bits per heavy atom. The van der Waals surface area contributed by atoms with Crippen molar-refractivity contribution in [3.05, 3.63) is 53.3 Å². The number of hydrogen-bond donors (Lipinski definition) is 1. The summed E-state index contributed by atoms with van der Waals surface area (Å²) < 4.78 is 5.58. The molecule has 0 spiro atoms. The van der Waals surface area contributed by atoms with Gasteiger partial charge >= 0.3 is 0 Å². The molecule has 0 atom stereocenters. The molecule has 0 radical (unpaired) electrons. The van der Waals surface area contributed by atoms with Gasteiger partial charge in [-0.1, -0.05) is 0 Å². The van der Waals surface area contributed by atoms with E-state index in [1.54, 1.807) is 36.4 Å². The summed E-state index contributed by atoms with van der Waals surface area (Å²) >= 11 is 0. The summed E-state index contributed by atoms with van der Waals surface area (Å²) in [6, 6.07) is 14.2. The molecule has 21 heavy (non-hydrogen) atoms. The van der Waals surface area contributed by atoms with Crippen molar-refractivity contribution in [3.63, 3.8) is 0 Å². The van der Waals surface area contributed by atoms with Crippen LogP contribution in [0.15, 0.2) is 46.4 Å². The maximum absolute atomic E-state index is 11.4. The van der Waals surface area contributed by atoms with Crippen molar-refractivity contribution in [2.45, 2.75) is 0 Å². The maximum Gasteiger partial charge on any atom is 0.261 e. The van der Waals surface area contributed by atoms with Gasteiger partial charge in [-0.3, -0.25) is 4.79 Å². The number of furan rings is 1. The Labute approximate surface area is 121 Å². The third-order valence-electron chi connectivity index (χ3n) is 2.80. The Morgan fingerprint density at radius 2 is 1.90 bits per heavy atom. The van der Waals surface area contributed by atoms with Crippen LogP contribution in [0.5, 0.6) is 0 Å². The zero-order valence-corrected chi connectivity index (χ0v) is 11.3. The average Bonchev–Trinajstić information content (AvgIpc) is 3.00. The van der Waals surface area contributed by atoms with E-state index in [-0.39, 0.29) is 5.57 Å². The van der Waals surface area contributed by atoms with Gasteiger partial charge in [0.15, 0.2) is 0 Å². The van der Waals surface area contributed by atoms with Gasteiger partial charge in [-0.2, -0.15) is 10.5 Å². The summed E-state index contributed by atoms with van der Waals surface area (Å²) in [7, 11) is 1.46. The number of benzene rings is 1. The second-order valence-electron chi connectivity index (χ2n) is 4.14. The number of hydrogen-bond acceptors (Lipinski definition) is 4. The third kappa shape index (κ3) is 3.17. The van der Waals surface area contributed by atoms with Crippen LogP contribution in [0, 0.1) is 22.7 Å². The van der Waals surface area contributed by atoms with Crippen molar-refractivity contribution in [3.8, 4) is 23.5 Å². The van der Waals surface area contributed by atoms with Gasteiger partial charge in [0, 0.05) is 18.7 Å². The van der Waals surface area contributed by atoms with Crippen LogP contribution in [0.25, 0.3) is 17.4 Å². The number of amides is 1. The molecular formula is C16H11N3O2. The molecule has 0 unspecified atom stereocenters. The zero-order chi connectivity index (χ0) is 15.2. The smallest absolute Gasteiger partial charge is 0.261 e. The number of rotatable bonds is 3. The van der Waals surface area contributed by atoms with Crippen molar-refractivity contribution in [2.75, 3.05) is 7.05 Å². The van der Waals surface area contributed by atoms with Gasteiger partial charge in [0.05, 0.1) is 11.6 Å². The first-order valence-corrected chi connectivity index (χ1v) is 6.12. The van der Waals surface area contributed by atoms with E-state index in [0.29, 0.717) is 17.1 Å². The molecule has 2 rings (SSSR count). The summed E-state index contributed by atoms with van der Waals surface area (Å²) in [6.07, 6.45) is 1.38. The van der Waals surface area contributed by atoms with Crippen LogP contribution in [0.1, 0.15) is 11.3 Å². The van der Waals surface area contributed by atoms with E-state index in [1.165, 1.54) is 13.1 Å². The Morgan fingerprint density at radius 1 is 1.19 bits per heavy atom. The third-order valence-corrected chi connectivity index (χ3v) is 2.80. The largest absolute Gasteiger partial charge is 0.457 e. The Balaban J connectivity index is 2.29. The minimum absolute atomic E-state index is 0.0294. The highest BCUT2D eigenvalue weighted by Crippen LogP contribution is 2.23. The molecule has 0 aliphatic carbocycles. The summed E-state index contributed by atoms with van der Waals surface area (Å²) in [5.41, 5.74) is 1.35. The summed E-state index contributed by atoms with van der Waals surface area (Å²) in [6.45, 7) is 0. The highest BCUT2D eigenvalue weighted by molar-refractivity contribution is 6.01. The number of carbonyl (C=O) groups excluding carboxylic acids is 1. The SMILES string of the molecule is CNC(=O)/C(C#N)=C\c1ccc(-c2ccc(C#N)cc2)o1. The van der Waals surface area contributed by atoms with E-state index in [0.717, 1.165) is 5.56 Å². The zero-order valence-electron chi connectivity index (χ0n) is 11.3. The Bertz CT molecular complexity index is 771. The summed E-state index contributed by atoms with van der Waals surface area (Å²) in [5.74, 6) is 0.545. The normalized spacial score (nSPS) is 10.5. The van der Waals surface area contributed by atoms with Crippen LogP contribution in [0.2, 0.25) is 0 Å². The number of likely N-dealkylation sites (N-methyl/N-ethyl adjacent to an activating group) is 1. The molecule has 1 aromatic heterocycles. The molecule has 5 nitrogen and oxygen atoms in total. The number of nitriles is 2. The van der Waals surface area contributed by atoms with Crippen molar-refractivity contribution in [1.29, 1.82) is 10.5 Å². The van der Waals surface area contributed by atoms with E-state index in [9.17, 15) is 4.79 Å². The molecule has 1 N–H and O–H groups in total. The lowest BCUT2D eigenvalue weighted by Crippen LogP contribution is -2.18. The van der Waals surface area contributed by atoms with E-state index in [2.05, 4.69) is 5.32 Å². The summed E-state index contributed by atoms with van der Waals surface area (Å²) in [4.78, 5) is 11.4. The monoisotopic (exact) mass is 277 g/mol. The second kappa shape index (κ2) is 6.23. The molecule has 1 amide bonds. The van der Waals surface area contributed by atoms with Crippen LogP contribution in [0.3, 0.4) is 0 Å². The topological polar surface area (TPSA) is 89.8 Å². The molecule has 0 bridgehead atoms. The lowest BCUT2D eigenvalue weighted by Gasteiger charge is -1.97. The van der Waals surface area contributed by atoms with E-state index < -0.39 is 5.91 Å². The lowest BCUT2D eigenvalue weighted by atomic mass is 10.1. The van der Waals surface area contributed by atoms with Gasteiger partial charge in [-0.25, -0.2) is 0 Å². The first kappa shape index (κ1) is 14.1. The van der Waals surface area contributed by atoms with Crippen molar-refractivity contribution in [2.24, 2.45) is 0 Å². The van der Waals surface area contributed by atoms with Gasteiger partial charge in [-0.15, -0.1) is 0 Å². The fourth-order valence-corrected chi connectivity index (χ4v) is 1.72. The fraction of sp³-hybridized carbons (Fsp3) is 0.0625. The van der Waals surface area contributed by atoms with Crippen molar-refractivity contribution in [1.82, 2.24) is 5.32 Å². The fourth-order valence-electron chi connectivity index (χ4n) is 1.72. The van der Waals surface area contributed by atoms with Crippen LogP contribution >= 0.6 is 0 Å². The van der Waals surface area contributed by atoms with Crippen LogP contribution in [0.4, 0.5) is 0 Å². The maximum atomic E-state index is 11.4. The first-order valence-electron chi connectivity index (χ1n) is 6.12. The molecule has 5 heteroatoms. The van der Waals surface area contributed by atoms with Gasteiger partial charge in [0.1, 0.15) is 23.2 Å². The molecule has 0 aliphatic heterocycles. The molecule has 1 heterocycles. The molecule has 0 saturated heterocycles. The molecule has 0 saturated carbocycles. The van der Waals surface area contributed by atoms with Gasteiger partial charge in [0.2, 0.25) is 0 Å². The van der Waals surface area contributed by atoms with Crippen molar-refractivity contribution >= 4 is 12.0 Å². The predicted molar refractivity (Wildman–Crippen MR) is 76.5 cm³/mol. The first-order chi connectivity index (χ1) is 10.2. The molecule has 102 valence electrons. The molecule has 0 fully saturated rings. The number of nitrogens with one attached hydrogen (secondary N) is 1. The van der Waals surface area contributed by atoms with Gasteiger partial charge in [-0.05, 0) is 36.4 Å². The number of carbonyl (C=O) groups is 1. The van der Waals surface area contributed by atoms with E-state index in [4.69, 9.17) is 14.9 Å². The highest BCUT2D eigenvalue weighted by Gasteiger charge is 2.09. The van der Waals surface area contributed by atoms with Gasteiger partial charge in [0.25, 0.3) is 5.91 Å². The molecule has 2 aromatic rings. The quantitative estimate of drug-likeness (QED) is 0.689. The van der Waals surface area contributed by atoms with Gasteiger partial charge < -0.3 is 9.73 Å². The van der Waals surface area contributed by atoms with Crippen LogP contribution < -0.4 is 5.32 Å². The minimum Gasteiger partial charge on any atom is -0.457 e. The van der Waals surface area contributed by atoms with Crippen LogP contribution in [-0.4, -0.2) is 13.0 Å². The second-order valence-corrected chi connectivity index (χ2v) is 4.14. The number of nitrogens with zero attached hydrogens (tertiary/aromatic N) is 2. The van der Waals surface area contributed by atoms with Crippen molar-refractivity contribution < 1.29 is 9.21 Å². The Hall–Kier alpha value is -3.31. The molecule has 0 aliphatic rings. The summed E-state index contributed by atoms with van der Waals surface area (Å²) in [5, 5.41) is 20.1. The highest BCUT2D eigenvalue weighted by atomic mass is 16.3. The molecule has 1 aromatic carbocycles. The van der Waals surface area contributed by atoms with Crippen LogP contribution in [-0.2, 0) is 4.79 Å². The van der Waals surface area contributed by atoms with E-state index >= 15 is 0 Å². The molecular weight excluding hydrogens is 266 g/mol. The minimum atomic E-state index is -0.464.